The Labute approximate surface area is 109 Å². The zero-order chi connectivity index (χ0) is 12.8. The third-order valence-corrected chi connectivity index (χ3v) is 3.16. The molecule has 2 heteroatoms. The Balaban J connectivity index is 2.10. The third-order valence-electron chi connectivity index (χ3n) is 3.16. The average Bonchev–Trinajstić information content (AvgIpc) is 2.43. The van der Waals surface area contributed by atoms with Gasteiger partial charge in [0.2, 0.25) is 0 Å². The van der Waals surface area contributed by atoms with E-state index in [0.717, 1.165) is 19.4 Å². The van der Waals surface area contributed by atoms with Crippen LogP contribution in [-0.2, 0) is 4.74 Å². The van der Waals surface area contributed by atoms with E-state index in [4.69, 9.17) is 10.5 Å². The van der Waals surface area contributed by atoms with E-state index < -0.39 is 0 Å². The number of unbranched alkanes of at least 4 members (excludes halogenated alkanes) is 1. The van der Waals surface area contributed by atoms with Crippen LogP contribution in [0, 0.1) is 0 Å². The highest BCUT2D eigenvalue weighted by atomic mass is 16.5. The molecule has 0 aliphatic carbocycles. The molecule has 0 spiro atoms. The van der Waals surface area contributed by atoms with Gasteiger partial charge in [-0.1, -0.05) is 55.8 Å². The smallest absolute Gasteiger partial charge is 0.0659 e. The molecule has 2 aromatic carbocycles. The summed E-state index contributed by atoms with van der Waals surface area (Å²) in [6, 6.07) is 14.6. The monoisotopic (exact) mass is 243 g/mol. The summed E-state index contributed by atoms with van der Waals surface area (Å²) in [5, 5.41) is 2.46. The fourth-order valence-electron chi connectivity index (χ4n) is 2.12. The van der Waals surface area contributed by atoms with Gasteiger partial charge in [0.05, 0.1) is 12.6 Å². The van der Waals surface area contributed by atoms with Gasteiger partial charge in [0.1, 0.15) is 0 Å². The summed E-state index contributed by atoms with van der Waals surface area (Å²) in [6.45, 7) is 3.55. The molecule has 1 atom stereocenters. The molecule has 0 saturated heterocycles. The molecule has 0 aliphatic heterocycles. The molecule has 1 unspecified atom stereocenters. The molecule has 0 heterocycles. The van der Waals surface area contributed by atoms with Gasteiger partial charge >= 0.3 is 0 Å². The van der Waals surface area contributed by atoms with E-state index in [1.165, 1.54) is 16.3 Å². The Hall–Kier alpha value is -1.38. The number of hydrogen-bond donors (Lipinski definition) is 1. The van der Waals surface area contributed by atoms with Gasteiger partial charge in [-0.2, -0.15) is 0 Å². The van der Waals surface area contributed by atoms with Crippen LogP contribution in [0.5, 0.6) is 0 Å². The molecule has 96 valence electrons. The first-order chi connectivity index (χ1) is 8.83. The molecule has 0 bridgehead atoms. The average molecular weight is 243 g/mol. The van der Waals surface area contributed by atoms with Crippen LogP contribution in [-0.4, -0.2) is 13.2 Å². The van der Waals surface area contributed by atoms with Crippen LogP contribution in [0.4, 0.5) is 0 Å². The van der Waals surface area contributed by atoms with Gasteiger partial charge < -0.3 is 10.5 Å². The summed E-state index contributed by atoms with van der Waals surface area (Å²) in [5.74, 6) is 0. The maximum atomic E-state index is 6.22. The molecule has 0 saturated carbocycles. The topological polar surface area (TPSA) is 35.2 Å². The van der Waals surface area contributed by atoms with Crippen LogP contribution in [0.25, 0.3) is 10.8 Å². The van der Waals surface area contributed by atoms with Crippen LogP contribution in [0.3, 0.4) is 0 Å². The van der Waals surface area contributed by atoms with Crippen molar-refractivity contribution in [2.24, 2.45) is 5.73 Å². The van der Waals surface area contributed by atoms with Gasteiger partial charge in [-0.05, 0) is 22.8 Å². The van der Waals surface area contributed by atoms with Gasteiger partial charge in [0.25, 0.3) is 0 Å². The van der Waals surface area contributed by atoms with Crippen molar-refractivity contribution in [2.75, 3.05) is 13.2 Å². The summed E-state index contributed by atoms with van der Waals surface area (Å²) >= 11 is 0. The summed E-state index contributed by atoms with van der Waals surface area (Å²) in [4.78, 5) is 0. The lowest BCUT2D eigenvalue weighted by Crippen LogP contribution is -2.17. The zero-order valence-corrected chi connectivity index (χ0v) is 10.9. The minimum atomic E-state index is -0.0482. The standard InChI is InChI=1S/C16H21NO/c1-2-3-11-18-12-16(17)15-10-6-8-13-7-4-5-9-14(13)15/h4-10,16H,2-3,11-12,17H2,1H3. The molecule has 2 rings (SSSR count). The highest BCUT2D eigenvalue weighted by Crippen LogP contribution is 2.23. The fraction of sp³-hybridized carbons (Fsp3) is 0.375. The van der Waals surface area contributed by atoms with E-state index in [2.05, 4.69) is 49.4 Å². The highest BCUT2D eigenvalue weighted by Gasteiger charge is 2.09. The van der Waals surface area contributed by atoms with Gasteiger partial charge in [-0.25, -0.2) is 0 Å². The second kappa shape index (κ2) is 6.53. The van der Waals surface area contributed by atoms with E-state index in [1.807, 2.05) is 0 Å². The van der Waals surface area contributed by atoms with Crippen molar-refractivity contribution in [2.45, 2.75) is 25.8 Å². The van der Waals surface area contributed by atoms with Crippen LogP contribution < -0.4 is 5.73 Å². The number of rotatable bonds is 6. The van der Waals surface area contributed by atoms with Crippen molar-refractivity contribution in [3.63, 3.8) is 0 Å². The third kappa shape index (κ3) is 3.09. The van der Waals surface area contributed by atoms with E-state index in [1.54, 1.807) is 0 Å². The summed E-state index contributed by atoms with van der Waals surface area (Å²) in [6.07, 6.45) is 2.26. The summed E-state index contributed by atoms with van der Waals surface area (Å²) < 4.78 is 5.61. The maximum absolute atomic E-state index is 6.22. The van der Waals surface area contributed by atoms with Crippen molar-refractivity contribution in [3.05, 3.63) is 48.0 Å². The number of hydrogen-bond acceptors (Lipinski definition) is 2. The van der Waals surface area contributed by atoms with E-state index in [-0.39, 0.29) is 6.04 Å². The van der Waals surface area contributed by atoms with Gasteiger partial charge in [-0.15, -0.1) is 0 Å². The lowest BCUT2D eigenvalue weighted by molar-refractivity contribution is 0.118. The largest absolute Gasteiger partial charge is 0.379 e. The van der Waals surface area contributed by atoms with Crippen LogP contribution in [0.1, 0.15) is 31.4 Å². The molecule has 0 amide bonds. The van der Waals surface area contributed by atoms with Gasteiger partial charge in [0, 0.05) is 6.61 Å². The SMILES string of the molecule is CCCCOCC(N)c1cccc2ccccc12. The van der Waals surface area contributed by atoms with Gasteiger partial charge in [-0.3, -0.25) is 0 Å². The lowest BCUT2D eigenvalue weighted by Gasteiger charge is -2.15. The Morgan fingerprint density at radius 1 is 1.11 bits per heavy atom. The first-order valence-corrected chi connectivity index (χ1v) is 6.64. The molecule has 2 N–H and O–H groups in total. The Kier molecular flexibility index (Phi) is 4.73. The number of ether oxygens (including phenoxy) is 1. The summed E-state index contributed by atoms with van der Waals surface area (Å²) in [5.41, 5.74) is 7.39. The predicted octanol–water partition coefficient (Wildman–Crippen LogP) is 3.66. The van der Waals surface area contributed by atoms with Crippen molar-refractivity contribution in [3.8, 4) is 0 Å². The van der Waals surface area contributed by atoms with Crippen LogP contribution in [0.2, 0.25) is 0 Å². The lowest BCUT2D eigenvalue weighted by atomic mass is 10.00. The Bertz CT molecular complexity index is 490. The summed E-state index contributed by atoms with van der Waals surface area (Å²) in [7, 11) is 0. The number of fused-ring (bicyclic) bond motifs is 1. The Morgan fingerprint density at radius 2 is 1.89 bits per heavy atom. The molecule has 0 radical (unpaired) electrons. The predicted molar refractivity (Wildman–Crippen MR) is 76.6 cm³/mol. The van der Waals surface area contributed by atoms with Crippen LogP contribution >= 0.6 is 0 Å². The minimum absolute atomic E-state index is 0.0482. The first-order valence-electron chi connectivity index (χ1n) is 6.64. The molecule has 0 aliphatic rings. The molecule has 0 aromatic heterocycles. The van der Waals surface area contributed by atoms with Gasteiger partial charge in [0.15, 0.2) is 0 Å². The van der Waals surface area contributed by atoms with Crippen molar-refractivity contribution < 1.29 is 4.74 Å². The quantitative estimate of drug-likeness (QED) is 0.786. The molecule has 18 heavy (non-hydrogen) atoms. The van der Waals surface area contributed by atoms with Crippen molar-refractivity contribution in [1.82, 2.24) is 0 Å². The fourth-order valence-corrected chi connectivity index (χ4v) is 2.12. The highest BCUT2D eigenvalue weighted by molar-refractivity contribution is 5.86. The van der Waals surface area contributed by atoms with E-state index in [0.29, 0.717) is 6.61 Å². The molecular formula is C16H21NO. The maximum Gasteiger partial charge on any atom is 0.0659 e. The van der Waals surface area contributed by atoms with Crippen molar-refractivity contribution >= 4 is 10.8 Å². The second-order valence-corrected chi connectivity index (χ2v) is 4.60. The Morgan fingerprint density at radius 3 is 2.72 bits per heavy atom. The molecule has 0 fully saturated rings. The molecular weight excluding hydrogens is 222 g/mol. The first kappa shape index (κ1) is 13.1. The van der Waals surface area contributed by atoms with Crippen molar-refractivity contribution in [1.29, 1.82) is 0 Å². The van der Waals surface area contributed by atoms with E-state index in [9.17, 15) is 0 Å². The molecule has 2 aromatic rings. The van der Waals surface area contributed by atoms with E-state index >= 15 is 0 Å². The number of benzene rings is 2. The molecule has 2 nitrogen and oxygen atoms in total. The second-order valence-electron chi connectivity index (χ2n) is 4.60. The number of nitrogens with two attached hydrogens (primary N) is 1. The minimum Gasteiger partial charge on any atom is -0.379 e. The normalized spacial score (nSPS) is 12.8. The van der Waals surface area contributed by atoms with Crippen LogP contribution in [0.15, 0.2) is 42.5 Å². The zero-order valence-electron chi connectivity index (χ0n) is 10.9.